The van der Waals surface area contributed by atoms with Crippen LogP contribution in [0.15, 0.2) is 4.99 Å². The highest BCUT2D eigenvalue weighted by molar-refractivity contribution is 14.0. The van der Waals surface area contributed by atoms with Gasteiger partial charge in [0.2, 0.25) is 5.91 Å². The first-order chi connectivity index (χ1) is 11.1. The molecule has 1 heterocycles. The summed E-state index contributed by atoms with van der Waals surface area (Å²) in [7, 11) is 1.73. The number of nitrogens with zero attached hydrogens (tertiary/aromatic N) is 2. The molecule has 1 aliphatic heterocycles. The molecule has 0 spiro atoms. The van der Waals surface area contributed by atoms with Crippen molar-refractivity contribution < 1.29 is 14.3 Å². The van der Waals surface area contributed by atoms with E-state index in [1.807, 2.05) is 13.8 Å². The lowest BCUT2D eigenvalue weighted by molar-refractivity contribution is -0.149. The van der Waals surface area contributed by atoms with Crippen molar-refractivity contribution in [3.05, 3.63) is 0 Å². The Balaban J connectivity index is 0.00000529. The van der Waals surface area contributed by atoms with Crippen molar-refractivity contribution in [3.8, 4) is 0 Å². The molecule has 0 aromatic heterocycles. The second-order valence-corrected chi connectivity index (χ2v) is 5.59. The first-order valence-electron chi connectivity index (χ1n) is 8.51. The van der Waals surface area contributed by atoms with Crippen molar-refractivity contribution in [2.24, 2.45) is 10.9 Å². The number of esters is 1. The van der Waals surface area contributed by atoms with Crippen LogP contribution >= 0.6 is 24.0 Å². The maximum Gasteiger partial charge on any atom is 0.309 e. The number of carbonyl (C=O) groups is 2. The quantitative estimate of drug-likeness (QED) is 0.263. The van der Waals surface area contributed by atoms with Crippen molar-refractivity contribution in [2.45, 2.75) is 39.5 Å². The molecule has 24 heavy (non-hydrogen) atoms. The van der Waals surface area contributed by atoms with E-state index in [-0.39, 0.29) is 41.8 Å². The van der Waals surface area contributed by atoms with Gasteiger partial charge in [0.1, 0.15) is 0 Å². The Morgan fingerprint density at radius 2 is 1.83 bits per heavy atom. The predicted octanol–water partition coefficient (Wildman–Crippen LogP) is 1.37. The molecule has 1 aliphatic rings. The van der Waals surface area contributed by atoms with Gasteiger partial charge >= 0.3 is 5.97 Å². The number of ether oxygens (including phenoxy) is 1. The maximum absolute atomic E-state index is 11.7. The van der Waals surface area contributed by atoms with Crippen LogP contribution in [0.5, 0.6) is 0 Å². The number of halogens is 1. The number of guanidine groups is 1. The van der Waals surface area contributed by atoms with Gasteiger partial charge in [-0.15, -0.1) is 24.0 Å². The SMILES string of the molecule is CCCNC(=O)CCNC(=NC)N1CCC(C(=O)OCC)CC1.I. The highest BCUT2D eigenvalue weighted by Crippen LogP contribution is 2.18. The summed E-state index contributed by atoms with van der Waals surface area (Å²) in [6.45, 7) is 7.10. The number of nitrogens with one attached hydrogen (secondary N) is 2. The lowest BCUT2D eigenvalue weighted by Crippen LogP contribution is -2.47. The lowest BCUT2D eigenvalue weighted by Gasteiger charge is -2.33. The van der Waals surface area contributed by atoms with Crippen LogP contribution in [0.4, 0.5) is 0 Å². The van der Waals surface area contributed by atoms with Crippen molar-refractivity contribution in [2.75, 3.05) is 39.8 Å². The molecule has 0 unspecified atom stereocenters. The number of hydrogen-bond donors (Lipinski definition) is 2. The standard InChI is InChI=1S/C16H30N4O3.HI/c1-4-9-18-14(21)6-10-19-16(17-3)20-11-7-13(8-12-20)15(22)23-5-2;/h13H,4-12H2,1-3H3,(H,17,19)(H,18,21);1H. The summed E-state index contributed by atoms with van der Waals surface area (Å²) in [5.41, 5.74) is 0. The molecule has 0 bridgehead atoms. The molecule has 1 rings (SSSR count). The smallest absolute Gasteiger partial charge is 0.309 e. The molecule has 0 aromatic carbocycles. The molecule has 0 aromatic rings. The number of amides is 1. The Bertz CT molecular complexity index is 410. The lowest BCUT2D eigenvalue weighted by atomic mass is 9.97. The zero-order valence-electron chi connectivity index (χ0n) is 15.0. The van der Waals surface area contributed by atoms with Crippen LogP contribution in [-0.2, 0) is 14.3 Å². The van der Waals surface area contributed by atoms with Crippen molar-refractivity contribution in [1.29, 1.82) is 0 Å². The number of likely N-dealkylation sites (tertiary alicyclic amines) is 1. The molecule has 7 nitrogen and oxygen atoms in total. The van der Waals surface area contributed by atoms with E-state index in [0.717, 1.165) is 44.9 Å². The van der Waals surface area contributed by atoms with E-state index in [9.17, 15) is 9.59 Å². The second kappa shape index (κ2) is 13.3. The first-order valence-corrected chi connectivity index (χ1v) is 8.51. The van der Waals surface area contributed by atoms with Crippen LogP contribution in [0, 0.1) is 5.92 Å². The van der Waals surface area contributed by atoms with Crippen LogP contribution in [0.2, 0.25) is 0 Å². The summed E-state index contributed by atoms with van der Waals surface area (Å²) in [6, 6.07) is 0. The minimum atomic E-state index is -0.0947. The molecular weight excluding hydrogens is 423 g/mol. The number of rotatable bonds is 7. The molecule has 8 heteroatoms. The summed E-state index contributed by atoms with van der Waals surface area (Å²) in [5, 5.41) is 6.06. The van der Waals surface area contributed by atoms with Gasteiger partial charge in [0.05, 0.1) is 12.5 Å². The summed E-state index contributed by atoms with van der Waals surface area (Å²) in [5.74, 6) is 0.734. The van der Waals surface area contributed by atoms with Gasteiger partial charge in [0.25, 0.3) is 0 Å². The van der Waals surface area contributed by atoms with Gasteiger partial charge in [-0.05, 0) is 26.2 Å². The average molecular weight is 454 g/mol. The second-order valence-electron chi connectivity index (χ2n) is 5.59. The van der Waals surface area contributed by atoms with E-state index < -0.39 is 0 Å². The van der Waals surface area contributed by atoms with Gasteiger partial charge < -0.3 is 20.3 Å². The predicted molar refractivity (Wildman–Crippen MR) is 106 cm³/mol. The molecule has 1 amide bonds. The first kappa shape index (κ1) is 22.9. The van der Waals surface area contributed by atoms with Crippen molar-refractivity contribution in [1.82, 2.24) is 15.5 Å². The van der Waals surface area contributed by atoms with Gasteiger partial charge in [0, 0.05) is 39.6 Å². The summed E-state index contributed by atoms with van der Waals surface area (Å²) < 4.78 is 5.08. The Kier molecular flexibility index (Phi) is 12.7. The van der Waals surface area contributed by atoms with Crippen molar-refractivity contribution >= 4 is 41.8 Å². The Labute approximate surface area is 162 Å². The minimum Gasteiger partial charge on any atom is -0.466 e. The maximum atomic E-state index is 11.7. The van der Waals surface area contributed by atoms with Crippen LogP contribution in [-0.4, -0.2) is 62.6 Å². The largest absolute Gasteiger partial charge is 0.466 e. The fourth-order valence-corrected chi connectivity index (χ4v) is 2.56. The van der Waals surface area contributed by atoms with Gasteiger partial charge in [-0.25, -0.2) is 0 Å². The number of hydrogen-bond acceptors (Lipinski definition) is 4. The van der Waals surface area contributed by atoms with Gasteiger partial charge in [-0.3, -0.25) is 14.6 Å². The fraction of sp³-hybridized carbons (Fsp3) is 0.812. The van der Waals surface area contributed by atoms with E-state index in [2.05, 4.69) is 20.5 Å². The van der Waals surface area contributed by atoms with E-state index in [4.69, 9.17) is 4.74 Å². The summed E-state index contributed by atoms with van der Waals surface area (Å²) in [6.07, 6.45) is 2.92. The van der Waals surface area contributed by atoms with E-state index in [1.165, 1.54) is 0 Å². The van der Waals surface area contributed by atoms with Crippen LogP contribution in [0.1, 0.15) is 39.5 Å². The van der Waals surface area contributed by atoms with E-state index in [0.29, 0.717) is 19.6 Å². The Morgan fingerprint density at radius 3 is 2.38 bits per heavy atom. The Hall–Kier alpha value is -1.06. The molecule has 0 atom stereocenters. The molecule has 2 N–H and O–H groups in total. The average Bonchev–Trinajstić information content (AvgIpc) is 2.57. The van der Waals surface area contributed by atoms with Crippen LogP contribution < -0.4 is 10.6 Å². The number of piperidine rings is 1. The summed E-state index contributed by atoms with van der Waals surface area (Å²) in [4.78, 5) is 29.7. The third kappa shape index (κ3) is 8.16. The fourth-order valence-electron chi connectivity index (χ4n) is 2.56. The highest BCUT2D eigenvalue weighted by Gasteiger charge is 2.27. The zero-order chi connectivity index (χ0) is 17.1. The van der Waals surface area contributed by atoms with E-state index >= 15 is 0 Å². The number of aliphatic imine (C=N–C) groups is 1. The molecule has 0 aliphatic carbocycles. The normalized spacial score (nSPS) is 15.5. The third-order valence-corrected chi connectivity index (χ3v) is 3.83. The molecular formula is C16H31IN4O3. The monoisotopic (exact) mass is 454 g/mol. The van der Waals surface area contributed by atoms with Gasteiger partial charge in [-0.2, -0.15) is 0 Å². The summed E-state index contributed by atoms with van der Waals surface area (Å²) >= 11 is 0. The van der Waals surface area contributed by atoms with E-state index in [1.54, 1.807) is 7.05 Å². The molecule has 0 radical (unpaired) electrons. The topological polar surface area (TPSA) is 83.0 Å². The molecule has 140 valence electrons. The number of carbonyl (C=O) groups excluding carboxylic acids is 2. The third-order valence-electron chi connectivity index (χ3n) is 3.83. The van der Waals surface area contributed by atoms with Crippen LogP contribution in [0.3, 0.4) is 0 Å². The Morgan fingerprint density at radius 1 is 1.17 bits per heavy atom. The molecule has 1 fully saturated rings. The van der Waals surface area contributed by atoms with Crippen molar-refractivity contribution in [3.63, 3.8) is 0 Å². The van der Waals surface area contributed by atoms with Gasteiger partial charge in [-0.1, -0.05) is 6.92 Å². The minimum absolute atomic E-state index is 0. The van der Waals surface area contributed by atoms with Crippen LogP contribution in [0.25, 0.3) is 0 Å². The molecule has 1 saturated heterocycles. The zero-order valence-corrected chi connectivity index (χ0v) is 17.3. The highest BCUT2D eigenvalue weighted by atomic mass is 127. The molecule has 0 saturated carbocycles. The van der Waals surface area contributed by atoms with Gasteiger partial charge in [0.15, 0.2) is 5.96 Å².